The number of rotatable bonds is 4. The number of aliphatic hydroxyl groups excluding tert-OH is 1. The van der Waals surface area contributed by atoms with Crippen molar-refractivity contribution < 1.29 is 15.0 Å². The molecule has 5 nitrogen and oxygen atoms in total. The number of aryl methyl sites for hydroxylation is 1. The molecule has 0 aliphatic heterocycles. The van der Waals surface area contributed by atoms with E-state index in [4.69, 9.17) is 11.6 Å². The van der Waals surface area contributed by atoms with Crippen LogP contribution >= 0.6 is 11.6 Å². The second-order valence-corrected chi connectivity index (χ2v) is 5.52. The molecule has 3 N–H and O–H groups in total. The van der Waals surface area contributed by atoms with Gasteiger partial charge in [-0.15, -0.1) is 0 Å². The molecular weight excluding hydrogens is 304 g/mol. The zero-order valence-corrected chi connectivity index (χ0v) is 13.0. The third-order valence-corrected chi connectivity index (χ3v) is 3.73. The van der Waals surface area contributed by atoms with Gasteiger partial charge in [0.25, 0.3) is 5.91 Å². The van der Waals surface area contributed by atoms with Crippen molar-refractivity contribution in [2.24, 2.45) is 0 Å². The largest absolute Gasteiger partial charge is 0.506 e. The van der Waals surface area contributed by atoms with Gasteiger partial charge in [-0.25, -0.2) is 4.98 Å². The van der Waals surface area contributed by atoms with Crippen molar-refractivity contribution in [1.82, 2.24) is 4.98 Å². The SMILES string of the molecule is Cc1ccc(C(C)C(O)C(=O)Nc2cc(O)cnc2Cl)cc1. The topological polar surface area (TPSA) is 82.5 Å². The molecule has 1 aromatic heterocycles. The van der Waals surface area contributed by atoms with Crippen molar-refractivity contribution >= 4 is 23.2 Å². The van der Waals surface area contributed by atoms with Crippen molar-refractivity contribution in [2.45, 2.75) is 25.9 Å². The van der Waals surface area contributed by atoms with Crippen LogP contribution in [0.1, 0.15) is 24.0 Å². The molecule has 0 bridgehead atoms. The van der Waals surface area contributed by atoms with Gasteiger partial charge in [-0.2, -0.15) is 0 Å². The summed E-state index contributed by atoms with van der Waals surface area (Å²) in [7, 11) is 0. The predicted molar refractivity (Wildman–Crippen MR) is 85.1 cm³/mol. The Morgan fingerprint density at radius 1 is 1.32 bits per heavy atom. The standard InChI is InChI=1S/C16H17ClN2O3/c1-9-3-5-11(6-4-9)10(2)14(21)16(22)19-13-7-12(20)8-18-15(13)17/h3-8,10,14,20-21H,1-2H3,(H,19,22). The van der Waals surface area contributed by atoms with E-state index >= 15 is 0 Å². The Morgan fingerprint density at radius 2 is 1.95 bits per heavy atom. The van der Waals surface area contributed by atoms with Gasteiger partial charge in [0.1, 0.15) is 11.9 Å². The number of aliphatic hydroxyl groups is 1. The summed E-state index contributed by atoms with van der Waals surface area (Å²) < 4.78 is 0. The van der Waals surface area contributed by atoms with E-state index < -0.39 is 12.0 Å². The van der Waals surface area contributed by atoms with Gasteiger partial charge in [0, 0.05) is 12.0 Å². The van der Waals surface area contributed by atoms with Crippen LogP contribution in [0.5, 0.6) is 5.75 Å². The van der Waals surface area contributed by atoms with E-state index in [0.29, 0.717) is 0 Å². The van der Waals surface area contributed by atoms with Crippen LogP contribution in [0.3, 0.4) is 0 Å². The highest BCUT2D eigenvalue weighted by Gasteiger charge is 2.24. The number of nitrogens with one attached hydrogen (secondary N) is 1. The minimum absolute atomic E-state index is 0.0429. The number of nitrogens with zero attached hydrogens (tertiary/aromatic N) is 1. The molecule has 0 saturated carbocycles. The fourth-order valence-corrected chi connectivity index (χ4v) is 2.16. The molecule has 2 rings (SSSR count). The summed E-state index contributed by atoms with van der Waals surface area (Å²) >= 11 is 5.84. The molecule has 0 radical (unpaired) electrons. The first kappa shape index (κ1) is 16.3. The molecule has 22 heavy (non-hydrogen) atoms. The van der Waals surface area contributed by atoms with E-state index in [1.54, 1.807) is 6.92 Å². The quantitative estimate of drug-likeness (QED) is 0.756. The van der Waals surface area contributed by atoms with E-state index in [-0.39, 0.29) is 22.5 Å². The molecule has 0 aliphatic rings. The maximum Gasteiger partial charge on any atom is 0.253 e. The summed E-state index contributed by atoms with van der Waals surface area (Å²) in [5, 5.41) is 22.1. The number of amides is 1. The first-order valence-electron chi connectivity index (χ1n) is 6.78. The summed E-state index contributed by atoms with van der Waals surface area (Å²) in [6, 6.07) is 8.87. The van der Waals surface area contributed by atoms with Gasteiger partial charge in [0.2, 0.25) is 0 Å². The third kappa shape index (κ3) is 3.75. The van der Waals surface area contributed by atoms with Gasteiger partial charge >= 0.3 is 0 Å². The van der Waals surface area contributed by atoms with Gasteiger partial charge in [-0.1, -0.05) is 48.4 Å². The molecule has 2 aromatic rings. The van der Waals surface area contributed by atoms with Gasteiger partial charge < -0.3 is 15.5 Å². The molecule has 1 aromatic carbocycles. The highest BCUT2D eigenvalue weighted by Crippen LogP contribution is 2.25. The van der Waals surface area contributed by atoms with Crippen molar-refractivity contribution in [1.29, 1.82) is 0 Å². The lowest BCUT2D eigenvalue weighted by Gasteiger charge is -2.19. The van der Waals surface area contributed by atoms with Crippen LogP contribution in [0, 0.1) is 6.92 Å². The second-order valence-electron chi connectivity index (χ2n) is 5.17. The van der Waals surface area contributed by atoms with Crippen LogP contribution < -0.4 is 5.32 Å². The van der Waals surface area contributed by atoms with Crippen molar-refractivity contribution in [2.75, 3.05) is 5.32 Å². The van der Waals surface area contributed by atoms with Crippen LogP contribution in [-0.2, 0) is 4.79 Å². The molecule has 0 aliphatic carbocycles. The zero-order valence-electron chi connectivity index (χ0n) is 12.2. The Balaban J connectivity index is 2.11. The Kier molecular flexibility index (Phi) is 5.00. The maximum absolute atomic E-state index is 12.1. The molecule has 6 heteroatoms. The molecule has 1 heterocycles. The maximum atomic E-state index is 12.1. The lowest BCUT2D eigenvalue weighted by molar-refractivity contribution is -0.124. The normalized spacial score (nSPS) is 13.5. The number of hydrogen-bond acceptors (Lipinski definition) is 4. The van der Waals surface area contributed by atoms with Crippen LogP contribution in [0.15, 0.2) is 36.5 Å². The number of halogens is 1. The minimum Gasteiger partial charge on any atom is -0.506 e. The highest BCUT2D eigenvalue weighted by molar-refractivity contribution is 6.32. The molecule has 116 valence electrons. The van der Waals surface area contributed by atoms with Crippen LogP contribution in [0.2, 0.25) is 5.15 Å². The fraction of sp³-hybridized carbons (Fsp3) is 0.250. The van der Waals surface area contributed by atoms with E-state index in [2.05, 4.69) is 10.3 Å². The summed E-state index contributed by atoms with van der Waals surface area (Å²) in [5.41, 5.74) is 2.11. The second kappa shape index (κ2) is 6.77. The van der Waals surface area contributed by atoms with Crippen molar-refractivity contribution in [3.63, 3.8) is 0 Å². The average Bonchev–Trinajstić information content (AvgIpc) is 2.50. The van der Waals surface area contributed by atoms with Gasteiger partial charge in [0.05, 0.1) is 11.9 Å². The van der Waals surface area contributed by atoms with Crippen molar-refractivity contribution in [3.05, 3.63) is 52.8 Å². The van der Waals surface area contributed by atoms with E-state index in [1.165, 1.54) is 12.3 Å². The highest BCUT2D eigenvalue weighted by atomic mass is 35.5. The number of carbonyl (C=O) groups is 1. The number of benzene rings is 1. The zero-order chi connectivity index (χ0) is 16.3. The van der Waals surface area contributed by atoms with Gasteiger partial charge in [-0.05, 0) is 12.5 Å². The Hall–Kier alpha value is -2.11. The number of aromatic hydroxyl groups is 1. The summed E-state index contributed by atoms with van der Waals surface area (Å²) in [5.74, 6) is -1.12. The van der Waals surface area contributed by atoms with E-state index in [1.807, 2.05) is 31.2 Å². The van der Waals surface area contributed by atoms with E-state index in [0.717, 1.165) is 11.1 Å². The lowest BCUT2D eigenvalue weighted by atomic mass is 9.94. The van der Waals surface area contributed by atoms with E-state index in [9.17, 15) is 15.0 Å². The number of hydrogen-bond donors (Lipinski definition) is 3. The third-order valence-electron chi connectivity index (χ3n) is 3.43. The molecular formula is C16H17ClN2O3. The van der Waals surface area contributed by atoms with Crippen LogP contribution in [-0.4, -0.2) is 27.2 Å². The summed E-state index contributed by atoms with van der Waals surface area (Å²) in [4.78, 5) is 15.9. The lowest BCUT2D eigenvalue weighted by Crippen LogP contribution is -2.32. The van der Waals surface area contributed by atoms with Gasteiger partial charge in [0.15, 0.2) is 5.15 Å². The first-order chi connectivity index (χ1) is 10.4. The molecule has 2 unspecified atom stereocenters. The summed E-state index contributed by atoms with van der Waals surface area (Å²) in [6.07, 6.45) is -0.0790. The predicted octanol–water partition coefficient (Wildman–Crippen LogP) is 2.85. The number of carbonyl (C=O) groups excluding carboxylic acids is 1. The van der Waals surface area contributed by atoms with Crippen LogP contribution in [0.25, 0.3) is 0 Å². The van der Waals surface area contributed by atoms with Crippen LogP contribution in [0.4, 0.5) is 5.69 Å². The average molecular weight is 321 g/mol. The fourth-order valence-electron chi connectivity index (χ4n) is 2.01. The Bertz CT molecular complexity index is 674. The summed E-state index contributed by atoms with van der Waals surface area (Å²) in [6.45, 7) is 3.73. The number of aromatic nitrogens is 1. The number of pyridine rings is 1. The Labute approximate surface area is 133 Å². The molecule has 2 atom stereocenters. The van der Waals surface area contributed by atoms with Gasteiger partial charge in [-0.3, -0.25) is 4.79 Å². The Morgan fingerprint density at radius 3 is 2.59 bits per heavy atom. The first-order valence-corrected chi connectivity index (χ1v) is 7.16. The number of anilines is 1. The molecule has 1 amide bonds. The molecule has 0 fully saturated rings. The molecule has 0 saturated heterocycles. The molecule has 0 spiro atoms. The monoisotopic (exact) mass is 320 g/mol. The smallest absolute Gasteiger partial charge is 0.253 e. The van der Waals surface area contributed by atoms with Crippen molar-refractivity contribution in [3.8, 4) is 5.75 Å². The minimum atomic E-state index is -1.25.